The van der Waals surface area contributed by atoms with Crippen molar-refractivity contribution in [2.24, 2.45) is 0 Å². The lowest BCUT2D eigenvalue weighted by Crippen LogP contribution is -2.13. The fraction of sp³-hybridized carbons (Fsp3) is 0.267. The molecule has 106 valence electrons. The van der Waals surface area contributed by atoms with Crippen LogP contribution in [0.2, 0.25) is 5.02 Å². The molecule has 0 fully saturated rings. The minimum absolute atomic E-state index is 0.161. The van der Waals surface area contributed by atoms with Gasteiger partial charge in [0.15, 0.2) is 11.6 Å². The number of hydrogen-bond donors (Lipinski definition) is 1. The van der Waals surface area contributed by atoms with E-state index in [2.05, 4.69) is 10.3 Å². The number of aromatic nitrogens is 1. The summed E-state index contributed by atoms with van der Waals surface area (Å²) in [7, 11) is 0. The Morgan fingerprint density at radius 3 is 2.85 bits per heavy atom. The molecule has 0 bridgehead atoms. The number of nitrogens with zero attached hydrogens (tertiary/aromatic N) is 1. The van der Waals surface area contributed by atoms with E-state index in [1.807, 2.05) is 13.8 Å². The van der Waals surface area contributed by atoms with Crippen LogP contribution in [0.25, 0.3) is 0 Å². The van der Waals surface area contributed by atoms with Crippen LogP contribution in [0.15, 0.2) is 30.3 Å². The molecule has 0 saturated carbocycles. The van der Waals surface area contributed by atoms with Crippen molar-refractivity contribution in [1.82, 2.24) is 10.3 Å². The van der Waals surface area contributed by atoms with Crippen LogP contribution in [0.4, 0.5) is 4.39 Å². The van der Waals surface area contributed by atoms with E-state index in [4.69, 9.17) is 16.3 Å². The van der Waals surface area contributed by atoms with Crippen molar-refractivity contribution in [3.63, 3.8) is 0 Å². The van der Waals surface area contributed by atoms with E-state index in [1.54, 1.807) is 24.3 Å². The Hall–Kier alpha value is -1.65. The Morgan fingerprint density at radius 2 is 2.10 bits per heavy atom. The van der Waals surface area contributed by atoms with Gasteiger partial charge >= 0.3 is 0 Å². The number of benzene rings is 1. The van der Waals surface area contributed by atoms with Crippen LogP contribution in [0.5, 0.6) is 11.6 Å². The van der Waals surface area contributed by atoms with Crippen molar-refractivity contribution in [3.8, 4) is 11.6 Å². The average Bonchev–Trinajstić information content (AvgIpc) is 2.43. The summed E-state index contributed by atoms with van der Waals surface area (Å²) in [6, 6.07) is 8.02. The Morgan fingerprint density at radius 1 is 1.30 bits per heavy atom. The largest absolute Gasteiger partial charge is 0.436 e. The molecule has 20 heavy (non-hydrogen) atoms. The van der Waals surface area contributed by atoms with Gasteiger partial charge in [0.05, 0.1) is 10.7 Å². The number of aryl methyl sites for hydroxylation is 1. The summed E-state index contributed by atoms with van der Waals surface area (Å²) < 4.78 is 19.1. The first-order chi connectivity index (χ1) is 9.60. The van der Waals surface area contributed by atoms with Gasteiger partial charge in [-0.15, -0.1) is 0 Å². The van der Waals surface area contributed by atoms with Crippen LogP contribution >= 0.6 is 11.6 Å². The number of nitrogens with one attached hydrogen (secondary N) is 1. The smallest absolute Gasteiger partial charge is 0.219 e. The molecule has 1 aromatic heterocycles. The minimum atomic E-state index is -0.416. The van der Waals surface area contributed by atoms with E-state index in [0.717, 1.165) is 12.1 Å². The average molecular weight is 295 g/mol. The van der Waals surface area contributed by atoms with E-state index >= 15 is 0 Å². The van der Waals surface area contributed by atoms with E-state index in [1.165, 1.54) is 6.07 Å². The van der Waals surface area contributed by atoms with Gasteiger partial charge in [0.2, 0.25) is 5.88 Å². The minimum Gasteiger partial charge on any atom is -0.436 e. The Labute approximate surface area is 122 Å². The third kappa shape index (κ3) is 3.68. The Balaban J connectivity index is 2.22. The summed E-state index contributed by atoms with van der Waals surface area (Å²) in [5, 5.41) is 3.70. The fourth-order valence-electron chi connectivity index (χ4n) is 1.69. The molecule has 0 amide bonds. The first-order valence-corrected chi connectivity index (χ1v) is 6.78. The summed E-state index contributed by atoms with van der Waals surface area (Å²) in [5.41, 5.74) is 1.60. The van der Waals surface area contributed by atoms with Crippen LogP contribution < -0.4 is 10.1 Å². The summed E-state index contributed by atoms with van der Waals surface area (Å²) >= 11 is 6.06. The highest BCUT2D eigenvalue weighted by molar-refractivity contribution is 6.31. The lowest BCUT2D eigenvalue weighted by molar-refractivity contribution is 0.425. The molecule has 1 aromatic carbocycles. The molecule has 3 nitrogen and oxygen atoms in total. The fourth-order valence-corrected chi connectivity index (χ4v) is 1.86. The SMILES string of the molecule is CCNCc1nc(Oc2cc(C)ccc2F)ccc1Cl. The number of ether oxygens (including phenoxy) is 1. The lowest BCUT2D eigenvalue weighted by atomic mass is 10.2. The highest BCUT2D eigenvalue weighted by Gasteiger charge is 2.08. The number of hydrogen-bond acceptors (Lipinski definition) is 3. The molecular formula is C15H16ClFN2O. The maximum absolute atomic E-state index is 13.6. The lowest BCUT2D eigenvalue weighted by Gasteiger charge is -2.09. The molecule has 5 heteroatoms. The van der Waals surface area contributed by atoms with Gasteiger partial charge in [-0.25, -0.2) is 9.37 Å². The van der Waals surface area contributed by atoms with Crippen LogP contribution in [0, 0.1) is 12.7 Å². The van der Waals surface area contributed by atoms with Crippen molar-refractivity contribution < 1.29 is 9.13 Å². The Bertz CT molecular complexity index is 604. The second-order valence-electron chi connectivity index (χ2n) is 4.39. The molecule has 1 heterocycles. The van der Waals surface area contributed by atoms with Gasteiger partial charge in [0.1, 0.15) is 0 Å². The molecule has 1 N–H and O–H groups in total. The van der Waals surface area contributed by atoms with Crippen molar-refractivity contribution in [1.29, 1.82) is 0 Å². The number of rotatable bonds is 5. The molecule has 2 aromatic rings. The monoisotopic (exact) mass is 294 g/mol. The summed E-state index contributed by atoms with van der Waals surface area (Å²) in [4.78, 5) is 4.29. The Kier molecular flexibility index (Phi) is 4.93. The molecular weight excluding hydrogens is 279 g/mol. The predicted molar refractivity (Wildman–Crippen MR) is 77.8 cm³/mol. The van der Waals surface area contributed by atoms with Crippen LogP contribution in [-0.2, 0) is 6.54 Å². The molecule has 0 aliphatic carbocycles. The van der Waals surface area contributed by atoms with Crippen LogP contribution in [0.3, 0.4) is 0 Å². The zero-order valence-electron chi connectivity index (χ0n) is 11.4. The molecule has 0 aliphatic rings. The maximum atomic E-state index is 13.6. The van der Waals surface area contributed by atoms with E-state index in [0.29, 0.717) is 23.1 Å². The topological polar surface area (TPSA) is 34.2 Å². The highest BCUT2D eigenvalue weighted by Crippen LogP contribution is 2.26. The standard InChI is InChI=1S/C15H16ClFN2O/c1-3-18-9-13-11(16)5-7-15(19-13)20-14-8-10(2)4-6-12(14)17/h4-8,18H,3,9H2,1-2H3. The second-order valence-corrected chi connectivity index (χ2v) is 4.80. The summed E-state index contributed by atoms with van der Waals surface area (Å²) in [6.45, 7) is 5.23. The molecule has 0 radical (unpaired) electrons. The zero-order chi connectivity index (χ0) is 14.5. The molecule has 0 aliphatic heterocycles. The van der Waals surface area contributed by atoms with Crippen molar-refractivity contribution >= 4 is 11.6 Å². The maximum Gasteiger partial charge on any atom is 0.219 e. The number of halogens is 2. The summed E-state index contributed by atoms with van der Waals surface area (Å²) in [5.74, 6) is 0.0709. The van der Waals surface area contributed by atoms with E-state index in [-0.39, 0.29) is 5.75 Å². The molecule has 0 unspecified atom stereocenters. The quantitative estimate of drug-likeness (QED) is 0.902. The highest BCUT2D eigenvalue weighted by atomic mass is 35.5. The third-order valence-corrected chi connectivity index (χ3v) is 3.08. The van der Waals surface area contributed by atoms with Crippen LogP contribution in [0.1, 0.15) is 18.2 Å². The van der Waals surface area contributed by atoms with Gasteiger partial charge in [-0.2, -0.15) is 0 Å². The second kappa shape index (κ2) is 6.68. The van der Waals surface area contributed by atoms with Gasteiger partial charge in [-0.05, 0) is 37.2 Å². The number of pyridine rings is 1. The zero-order valence-corrected chi connectivity index (χ0v) is 12.2. The van der Waals surface area contributed by atoms with Gasteiger partial charge in [-0.3, -0.25) is 0 Å². The predicted octanol–water partition coefficient (Wildman–Crippen LogP) is 4.08. The van der Waals surface area contributed by atoms with E-state index in [9.17, 15) is 4.39 Å². The third-order valence-electron chi connectivity index (χ3n) is 2.74. The van der Waals surface area contributed by atoms with Crippen molar-refractivity contribution in [2.75, 3.05) is 6.54 Å². The van der Waals surface area contributed by atoms with Gasteiger partial charge < -0.3 is 10.1 Å². The molecule has 2 rings (SSSR count). The first kappa shape index (κ1) is 14.8. The van der Waals surface area contributed by atoms with E-state index < -0.39 is 5.82 Å². The molecule has 0 atom stereocenters. The summed E-state index contributed by atoms with van der Waals surface area (Å²) in [6.07, 6.45) is 0. The molecule has 0 spiro atoms. The van der Waals surface area contributed by atoms with Crippen molar-refractivity contribution in [3.05, 3.63) is 52.4 Å². The van der Waals surface area contributed by atoms with Gasteiger partial charge in [-0.1, -0.05) is 24.6 Å². The van der Waals surface area contributed by atoms with Gasteiger partial charge in [0.25, 0.3) is 0 Å². The first-order valence-electron chi connectivity index (χ1n) is 6.40. The normalized spacial score (nSPS) is 10.6. The van der Waals surface area contributed by atoms with Gasteiger partial charge in [0, 0.05) is 12.6 Å². The molecule has 0 saturated heterocycles. The van der Waals surface area contributed by atoms with Crippen LogP contribution in [-0.4, -0.2) is 11.5 Å². The van der Waals surface area contributed by atoms with Crippen molar-refractivity contribution in [2.45, 2.75) is 20.4 Å².